The van der Waals surface area contributed by atoms with Gasteiger partial charge < -0.3 is 0 Å². The summed E-state index contributed by atoms with van der Waals surface area (Å²) in [6.45, 7) is 3.44. The Morgan fingerprint density at radius 3 is 2.35 bits per heavy atom. The first-order valence-corrected chi connectivity index (χ1v) is 8.51. The van der Waals surface area contributed by atoms with Crippen LogP contribution in [0.3, 0.4) is 0 Å². The Balaban J connectivity index is 0.000000770. The minimum atomic E-state index is -1.03. The van der Waals surface area contributed by atoms with E-state index in [1.165, 1.54) is 45.1 Å². The number of unbranched alkanes of at least 4 members (excludes halogenated alkanes) is 5. The van der Waals surface area contributed by atoms with Crippen LogP contribution in [-0.4, -0.2) is 18.8 Å². The molecule has 0 spiro atoms. The van der Waals surface area contributed by atoms with E-state index in [4.69, 9.17) is 3.80 Å². The fourth-order valence-corrected chi connectivity index (χ4v) is 1.71. The molecule has 0 saturated heterocycles. The molecule has 0 amide bonds. The van der Waals surface area contributed by atoms with Crippen LogP contribution in [-0.2, 0) is 17.4 Å². The van der Waals surface area contributed by atoms with Crippen molar-refractivity contribution in [2.45, 2.75) is 52.0 Å². The van der Waals surface area contributed by atoms with Crippen LogP contribution in [0, 0.1) is 0 Å². The second-order valence-electron chi connectivity index (χ2n) is 4.17. The molecule has 0 bridgehead atoms. The maximum atomic E-state index is 8.78. The van der Waals surface area contributed by atoms with Crippen LogP contribution in [0.4, 0.5) is 0 Å². The molecule has 0 aliphatic carbocycles. The average molecular weight is 274 g/mol. The number of hydrogen-bond donors (Lipinski definition) is 0. The van der Waals surface area contributed by atoms with E-state index in [-0.39, 0.29) is 0 Å². The van der Waals surface area contributed by atoms with Crippen molar-refractivity contribution in [3.8, 4) is 0 Å². The molecule has 96 valence electrons. The fourth-order valence-electron chi connectivity index (χ4n) is 1.71. The third-order valence-corrected chi connectivity index (χ3v) is 2.59. The van der Waals surface area contributed by atoms with Crippen LogP contribution in [0.1, 0.15) is 45.4 Å². The predicted octanol–water partition coefficient (Wildman–Crippen LogP) is 2.86. The Morgan fingerprint density at radius 2 is 1.82 bits per heavy atom. The third-order valence-electron chi connectivity index (χ3n) is 2.59. The van der Waals surface area contributed by atoms with Gasteiger partial charge in [-0.05, 0) is 12.8 Å². The molecule has 1 rings (SSSR count). The standard InChI is InChI=1S/C12H23N2.Al.ClH.O/c1-3-4-5-6-7-8-9-14-11-10-13(2)12-14;;;/h10-12H,3-9H2,1-2H3;;1H;/q2*+1;;/p-1. The normalized spacial score (nSPS) is 9.35. The summed E-state index contributed by atoms with van der Waals surface area (Å²) in [5.74, 6) is 0. The molecule has 5 heteroatoms. The van der Waals surface area contributed by atoms with Crippen LogP contribution in [0.2, 0.25) is 0 Å². The van der Waals surface area contributed by atoms with E-state index < -0.39 is 14.2 Å². The van der Waals surface area contributed by atoms with Gasteiger partial charge in [0, 0.05) is 0 Å². The van der Waals surface area contributed by atoms with Gasteiger partial charge in [-0.1, -0.05) is 32.6 Å². The van der Waals surface area contributed by atoms with Crippen LogP contribution in [0.25, 0.3) is 0 Å². The first-order chi connectivity index (χ1) is 8.24. The molecule has 1 aromatic heterocycles. The zero-order chi connectivity index (χ0) is 12.9. The molecule has 0 aliphatic heterocycles. The Hall–Kier alpha value is -0.168. The summed E-state index contributed by atoms with van der Waals surface area (Å²) in [7, 11) is 6.59. The van der Waals surface area contributed by atoms with Gasteiger partial charge in [0.25, 0.3) is 0 Å². The first kappa shape index (κ1) is 16.8. The minimum absolute atomic E-state index is 1.03. The van der Waals surface area contributed by atoms with Gasteiger partial charge in [0.15, 0.2) is 0 Å². The summed E-state index contributed by atoms with van der Waals surface area (Å²) in [6, 6.07) is 0. The van der Waals surface area contributed by atoms with Crippen LogP contribution in [0.5, 0.6) is 0 Å². The summed E-state index contributed by atoms with van der Waals surface area (Å²) in [5.41, 5.74) is 0. The molecule has 1 heterocycles. The number of nitrogens with zero attached hydrogens (tertiary/aromatic N) is 2. The van der Waals surface area contributed by atoms with E-state index in [2.05, 4.69) is 51.9 Å². The second kappa shape index (κ2) is 12.3. The Kier molecular flexibility index (Phi) is 12.2. The van der Waals surface area contributed by atoms with E-state index in [9.17, 15) is 0 Å². The summed E-state index contributed by atoms with van der Waals surface area (Å²) >= 11 is -1.03. The third kappa shape index (κ3) is 10.7. The molecule has 1 aromatic rings. The van der Waals surface area contributed by atoms with Crippen molar-refractivity contribution in [2.75, 3.05) is 0 Å². The zero-order valence-electron chi connectivity index (χ0n) is 10.9. The van der Waals surface area contributed by atoms with Crippen molar-refractivity contribution in [3.05, 3.63) is 18.7 Å². The van der Waals surface area contributed by atoms with Crippen LogP contribution >= 0.6 is 10.0 Å². The molecule has 0 unspecified atom stereocenters. The Bertz CT molecular complexity index is 292. The predicted molar refractivity (Wildman–Crippen MR) is 71.3 cm³/mol. The average Bonchev–Trinajstić information content (AvgIpc) is 2.70. The number of imidazole rings is 1. The molecule has 0 aromatic carbocycles. The van der Waals surface area contributed by atoms with E-state index in [1.807, 2.05) is 0 Å². The van der Waals surface area contributed by atoms with Crippen LogP contribution in [0.15, 0.2) is 18.7 Å². The van der Waals surface area contributed by atoms with E-state index in [0.717, 1.165) is 0 Å². The first-order valence-electron chi connectivity index (χ1n) is 6.29. The van der Waals surface area contributed by atoms with Gasteiger partial charge in [-0.15, -0.1) is 0 Å². The summed E-state index contributed by atoms with van der Waals surface area (Å²) in [5, 5.41) is 0. The molecule has 3 nitrogen and oxygen atoms in total. The van der Waals surface area contributed by atoms with Gasteiger partial charge >= 0.3 is 28.1 Å². The number of aryl methyl sites for hydroxylation is 2. The Labute approximate surface area is 115 Å². The molecular formula is C12H23AlClN2O+. The summed E-state index contributed by atoms with van der Waals surface area (Å²) in [6.07, 6.45) is 14.6. The molecular weight excluding hydrogens is 251 g/mol. The van der Waals surface area contributed by atoms with Crippen LogP contribution < -0.4 is 4.57 Å². The molecule has 17 heavy (non-hydrogen) atoms. The molecule has 0 aliphatic rings. The topological polar surface area (TPSA) is 25.9 Å². The quantitative estimate of drug-likeness (QED) is 0.426. The zero-order valence-corrected chi connectivity index (χ0v) is 12.9. The maximum absolute atomic E-state index is 8.78. The Morgan fingerprint density at radius 1 is 1.24 bits per heavy atom. The van der Waals surface area contributed by atoms with Gasteiger partial charge in [0.05, 0.1) is 13.6 Å². The van der Waals surface area contributed by atoms with Gasteiger partial charge in [0.1, 0.15) is 12.4 Å². The number of hydrogen-bond acceptors (Lipinski definition) is 1. The molecule has 0 atom stereocenters. The molecule has 0 fully saturated rings. The number of aromatic nitrogens is 2. The van der Waals surface area contributed by atoms with Crippen molar-refractivity contribution in [1.29, 1.82) is 0 Å². The van der Waals surface area contributed by atoms with Crippen molar-refractivity contribution in [1.82, 2.24) is 4.57 Å². The van der Waals surface area contributed by atoms with Crippen molar-refractivity contribution < 1.29 is 8.37 Å². The number of halogens is 1. The number of rotatable bonds is 7. The monoisotopic (exact) mass is 273 g/mol. The van der Waals surface area contributed by atoms with Crippen molar-refractivity contribution in [2.24, 2.45) is 7.05 Å². The summed E-state index contributed by atoms with van der Waals surface area (Å²) in [4.78, 5) is 0. The molecule has 0 radical (unpaired) electrons. The molecule has 0 saturated carbocycles. The van der Waals surface area contributed by atoms with E-state index >= 15 is 0 Å². The molecule has 0 N–H and O–H groups in total. The van der Waals surface area contributed by atoms with Crippen molar-refractivity contribution in [3.63, 3.8) is 0 Å². The van der Waals surface area contributed by atoms with Gasteiger partial charge in [0.2, 0.25) is 6.33 Å². The summed E-state index contributed by atoms with van der Waals surface area (Å²) < 4.78 is 13.1. The van der Waals surface area contributed by atoms with Gasteiger partial charge in [-0.2, -0.15) is 0 Å². The fraction of sp³-hybridized carbons (Fsp3) is 0.750. The second-order valence-corrected chi connectivity index (χ2v) is 4.89. The van der Waals surface area contributed by atoms with E-state index in [0.29, 0.717) is 0 Å². The van der Waals surface area contributed by atoms with Gasteiger partial charge in [-0.3, -0.25) is 0 Å². The van der Waals surface area contributed by atoms with E-state index in [1.54, 1.807) is 0 Å². The SMILES string of the molecule is CCCCCCCC[n+]1ccn(C)c1.[O]=[Al][Cl]. The van der Waals surface area contributed by atoms with Gasteiger partial charge in [-0.25, -0.2) is 9.13 Å². The van der Waals surface area contributed by atoms with Crippen molar-refractivity contribution >= 4 is 24.3 Å².